The van der Waals surface area contributed by atoms with E-state index in [2.05, 4.69) is 4.98 Å². The number of ether oxygens (including phenoxy) is 2. The average Bonchev–Trinajstić information content (AvgIpc) is 3.05. The molecule has 2 aromatic heterocycles. The van der Waals surface area contributed by atoms with Gasteiger partial charge in [0.1, 0.15) is 37.0 Å². The highest BCUT2D eigenvalue weighted by atomic mass is 16.6. The van der Waals surface area contributed by atoms with Crippen LogP contribution >= 0.6 is 0 Å². The number of aliphatic hydroxyl groups is 3. The molecule has 3 N–H and O–H groups in total. The molecule has 1 aliphatic rings. The monoisotopic (exact) mass is 311 g/mol. The van der Waals surface area contributed by atoms with Crippen LogP contribution in [0.25, 0.3) is 11.0 Å². The van der Waals surface area contributed by atoms with Gasteiger partial charge in [-0.1, -0.05) is 0 Å². The molecule has 0 bridgehead atoms. The van der Waals surface area contributed by atoms with Crippen LogP contribution in [0.15, 0.2) is 23.4 Å². The molecule has 0 aromatic carbocycles. The normalized spacial score (nSPS) is 28.5. The zero-order valence-electron chi connectivity index (χ0n) is 11.9. The maximum Gasteiger partial charge on any atom is 0.264 e. The number of fused-ring (bicyclic) bond motifs is 1. The van der Waals surface area contributed by atoms with Crippen LogP contribution in [0.2, 0.25) is 0 Å². The van der Waals surface area contributed by atoms with E-state index in [1.807, 2.05) is 0 Å². The summed E-state index contributed by atoms with van der Waals surface area (Å²) in [6.45, 7) is -0.331. The molecule has 3 heterocycles. The van der Waals surface area contributed by atoms with Gasteiger partial charge >= 0.3 is 0 Å². The molecule has 1 aliphatic heterocycles. The van der Waals surface area contributed by atoms with E-state index in [9.17, 15) is 15.0 Å². The lowest BCUT2D eigenvalue weighted by Crippen LogP contribution is -2.33. The van der Waals surface area contributed by atoms with Crippen molar-refractivity contribution in [3.63, 3.8) is 0 Å². The second-order valence-corrected chi connectivity index (χ2v) is 5.13. The van der Waals surface area contributed by atoms with Gasteiger partial charge in [-0.25, -0.2) is 4.98 Å². The number of aromatic nitrogens is 3. The fourth-order valence-electron chi connectivity index (χ4n) is 2.62. The van der Waals surface area contributed by atoms with Crippen molar-refractivity contribution in [3.8, 4) is 0 Å². The first-order chi connectivity index (χ1) is 10.6. The summed E-state index contributed by atoms with van der Waals surface area (Å²) in [5.74, 6) is 0. The largest absolute Gasteiger partial charge is 0.394 e. The van der Waals surface area contributed by atoms with E-state index in [4.69, 9.17) is 14.6 Å². The number of methoxy groups -OCH3 is 1. The Morgan fingerprint density at radius 1 is 1.41 bits per heavy atom. The van der Waals surface area contributed by atoms with Crippen LogP contribution in [0.5, 0.6) is 0 Å². The maximum absolute atomic E-state index is 12.2. The van der Waals surface area contributed by atoms with Crippen molar-refractivity contribution in [3.05, 3.63) is 28.9 Å². The molecule has 9 nitrogen and oxygen atoms in total. The Balaban J connectivity index is 2.03. The summed E-state index contributed by atoms with van der Waals surface area (Å²) >= 11 is 0. The van der Waals surface area contributed by atoms with Gasteiger partial charge in [-0.15, -0.1) is 0 Å². The minimum atomic E-state index is -1.23. The Hall–Kier alpha value is -1.78. The number of hydrogen-bond donors (Lipinski definition) is 3. The Morgan fingerprint density at radius 3 is 2.82 bits per heavy atom. The van der Waals surface area contributed by atoms with E-state index in [-0.39, 0.29) is 12.3 Å². The first kappa shape index (κ1) is 15.1. The number of rotatable bonds is 4. The van der Waals surface area contributed by atoms with Gasteiger partial charge in [-0.3, -0.25) is 9.36 Å². The minimum Gasteiger partial charge on any atom is -0.394 e. The number of hydrogen-bond acceptors (Lipinski definition) is 7. The molecule has 0 spiro atoms. The molecule has 1 saturated heterocycles. The Kier molecular flexibility index (Phi) is 3.98. The Morgan fingerprint density at radius 2 is 2.18 bits per heavy atom. The van der Waals surface area contributed by atoms with Crippen molar-refractivity contribution in [2.75, 3.05) is 13.7 Å². The van der Waals surface area contributed by atoms with Gasteiger partial charge in [0.2, 0.25) is 0 Å². The third-order valence-electron chi connectivity index (χ3n) is 3.76. The molecule has 22 heavy (non-hydrogen) atoms. The van der Waals surface area contributed by atoms with Gasteiger partial charge in [0, 0.05) is 13.3 Å². The van der Waals surface area contributed by atoms with E-state index < -0.39 is 31.1 Å². The molecular weight excluding hydrogens is 294 g/mol. The van der Waals surface area contributed by atoms with Crippen LogP contribution in [-0.4, -0.2) is 61.5 Å². The zero-order valence-corrected chi connectivity index (χ0v) is 11.9. The molecular formula is C13H17N3O6. The first-order valence-electron chi connectivity index (χ1n) is 6.76. The standard InChI is InChI=1S/C13H17N3O6/c1-21-6-15-5-14-11-7(12(15)20)2-3-16(11)13-10(19)9(18)8(4-17)22-13/h2-3,5,8-10,13,17-19H,4,6H2,1H3/t8-,9+,10+,13+/m0/s1. The van der Waals surface area contributed by atoms with Gasteiger partial charge in [0.25, 0.3) is 5.56 Å². The quantitative estimate of drug-likeness (QED) is 0.623. The highest BCUT2D eigenvalue weighted by Crippen LogP contribution is 2.31. The lowest BCUT2D eigenvalue weighted by Gasteiger charge is -2.17. The predicted molar refractivity (Wildman–Crippen MR) is 74.0 cm³/mol. The molecule has 120 valence electrons. The van der Waals surface area contributed by atoms with Crippen LogP contribution in [0.1, 0.15) is 6.23 Å². The molecule has 4 atom stereocenters. The second kappa shape index (κ2) is 5.78. The second-order valence-electron chi connectivity index (χ2n) is 5.13. The van der Waals surface area contributed by atoms with Crippen molar-refractivity contribution in [2.45, 2.75) is 31.3 Å². The van der Waals surface area contributed by atoms with Crippen molar-refractivity contribution >= 4 is 11.0 Å². The summed E-state index contributed by atoms with van der Waals surface area (Å²) < 4.78 is 13.1. The van der Waals surface area contributed by atoms with Crippen molar-refractivity contribution in [1.29, 1.82) is 0 Å². The number of nitrogens with zero attached hydrogens (tertiary/aromatic N) is 3. The first-order valence-corrected chi connectivity index (χ1v) is 6.76. The third-order valence-corrected chi connectivity index (χ3v) is 3.76. The molecule has 0 amide bonds. The fourth-order valence-corrected chi connectivity index (χ4v) is 2.62. The van der Waals surface area contributed by atoms with E-state index in [1.165, 1.54) is 22.6 Å². The fraction of sp³-hybridized carbons (Fsp3) is 0.538. The molecule has 9 heteroatoms. The van der Waals surface area contributed by atoms with Gasteiger partial charge in [-0.2, -0.15) is 0 Å². The zero-order chi connectivity index (χ0) is 15.9. The van der Waals surface area contributed by atoms with Crippen LogP contribution in [-0.2, 0) is 16.2 Å². The van der Waals surface area contributed by atoms with Gasteiger partial charge < -0.3 is 29.4 Å². The summed E-state index contributed by atoms with van der Waals surface area (Å²) in [5.41, 5.74) is 0.0459. The maximum atomic E-state index is 12.2. The van der Waals surface area contributed by atoms with E-state index >= 15 is 0 Å². The molecule has 1 fully saturated rings. The third kappa shape index (κ3) is 2.23. The summed E-state index contributed by atoms with van der Waals surface area (Å²) in [4.78, 5) is 16.4. The smallest absolute Gasteiger partial charge is 0.264 e. The summed E-state index contributed by atoms with van der Waals surface area (Å²) in [5, 5.41) is 29.4. The van der Waals surface area contributed by atoms with Crippen LogP contribution in [0.3, 0.4) is 0 Å². The summed E-state index contributed by atoms with van der Waals surface area (Å²) in [6, 6.07) is 1.56. The Bertz CT molecular complexity index is 726. The minimum absolute atomic E-state index is 0.0841. The van der Waals surface area contributed by atoms with Crippen LogP contribution < -0.4 is 5.56 Å². The van der Waals surface area contributed by atoms with E-state index in [0.717, 1.165) is 0 Å². The number of aliphatic hydroxyl groups excluding tert-OH is 3. The summed E-state index contributed by atoms with van der Waals surface area (Å²) in [6.07, 6.45) is -1.35. The van der Waals surface area contributed by atoms with Gasteiger partial charge in [0.05, 0.1) is 12.0 Å². The molecule has 0 radical (unpaired) electrons. The van der Waals surface area contributed by atoms with Gasteiger partial charge in [0.15, 0.2) is 6.23 Å². The SMILES string of the molecule is COCn1cnc2c(ccn2[C@@H]2O[C@@H](CO)[C@@H](O)[C@H]2O)c1=O. The highest BCUT2D eigenvalue weighted by Gasteiger charge is 2.43. The topological polar surface area (TPSA) is 119 Å². The van der Waals surface area contributed by atoms with Gasteiger partial charge in [-0.05, 0) is 6.07 Å². The van der Waals surface area contributed by atoms with Crippen molar-refractivity contribution in [1.82, 2.24) is 14.1 Å². The van der Waals surface area contributed by atoms with Crippen LogP contribution in [0, 0.1) is 0 Å². The van der Waals surface area contributed by atoms with Crippen molar-refractivity contribution < 1.29 is 24.8 Å². The van der Waals surface area contributed by atoms with E-state index in [0.29, 0.717) is 11.0 Å². The van der Waals surface area contributed by atoms with E-state index in [1.54, 1.807) is 12.3 Å². The lowest BCUT2D eigenvalue weighted by atomic mass is 10.1. The van der Waals surface area contributed by atoms with Crippen LogP contribution in [0.4, 0.5) is 0 Å². The molecule has 0 aliphatic carbocycles. The predicted octanol–water partition coefficient (Wildman–Crippen LogP) is -1.59. The molecule has 3 rings (SSSR count). The average molecular weight is 311 g/mol. The highest BCUT2D eigenvalue weighted by molar-refractivity contribution is 5.74. The molecule has 0 saturated carbocycles. The van der Waals surface area contributed by atoms with Crippen molar-refractivity contribution in [2.24, 2.45) is 0 Å². The summed E-state index contributed by atoms with van der Waals surface area (Å²) in [7, 11) is 1.47. The Labute approximate surface area is 125 Å². The lowest BCUT2D eigenvalue weighted by molar-refractivity contribution is -0.0508. The molecule has 2 aromatic rings. The molecule has 0 unspecified atom stereocenters.